The number of rotatable bonds is 3. The minimum atomic E-state index is -0.432. The number of anilines is 2. The highest BCUT2D eigenvalue weighted by Gasteiger charge is 2.55. The molecule has 6 nitrogen and oxygen atoms in total. The lowest BCUT2D eigenvalue weighted by molar-refractivity contribution is -0.123. The van der Waals surface area contributed by atoms with Crippen molar-refractivity contribution in [1.29, 1.82) is 0 Å². The van der Waals surface area contributed by atoms with Gasteiger partial charge in [-0.1, -0.05) is 37.1 Å². The van der Waals surface area contributed by atoms with Crippen molar-refractivity contribution >= 4 is 23.3 Å². The molecule has 1 saturated carbocycles. The molecule has 0 radical (unpaired) electrons. The largest absolute Gasteiger partial charge is 0.394 e. The first-order valence-corrected chi connectivity index (χ1v) is 10.9. The molecule has 2 aromatic rings. The molecule has 1 aliphatic carbocycles. The third-order valence-corrected chi connectivity index (χ3v) is 6.97. The highest BCUT2D eigenvalue weighted by Crippen LogP contribution is 2.49. The summed E-state index contributed by atoms with van der Waals surface area (Å²) >= 11 is 0. The van der Waals surface area contributed by atoms with Crippen LogP contribution in [0.5, 0.6) is 0 Å². The lowest BCUT2D eigenvalue weighted by Crippen LogP contribution is -2.71. The fraction of sp³-hybridized carbons (Fsp3) is 0.417. The van der Waals surface area contributed by atoms with Crippen LogP contribution in [-0.2, 0) is 4.79 Å². The molecule has 2 N–H and O–H groups in total. The van der Waals surface area contributed by atoms with Gasteiger partial charge in [0.1, 0.15) is 5.82 Å². The molecule has 7 heteroatoms. The number of aliphatic hydroxyl groups excluding tert-OH is 1. The molecule has 2 aromatic carbocycles. The van der Waals surface area contributed by atoms with E-state index in [0.717, 1.165) is 36.9 Å². The van der Waals surface area contributed by atoms with Gasteiger partial charge in [0.05, 0.1) is 18.7 Å². The van der Waals surface area contributed by atoms with Crippen molar-refractivity contribution in [3.63, 3.8) is 0 Å². The SMILES string of the molecule is O=C(C1CCCC1)N1C[C@@H]2[C@H](c3ccccc31)[C@H](CO)N2C(=O)Nc1cccc(F)c1. The quantitative estimate of drug-likeness (QED) is 0.790. The molecule has 2 fully saturated rings. The zero-order chi connectivity index (χ0) is 21.5. The van der Waals surface area contributed by atoms with Crippen molar-refractivity contribution in [2.24, 2.45) is 5.92 Å². The van der Waals surface area contributed by atoms with Gasteiger partial charge >= 0.3 is 6.03 Å². The van der Waals surface area contributed by atoms with Crippen LogP contribution in [0.4, 0.5) is 20.6 Å². The molecule has 3 aliphatic rings. The molecular weight excluding hydrogens is 397 g/mol. The van der Waals surface area contributed by atoms with Gasteiger partial charge in [-0.2, -0.15) is 0 Å². The van der Waals surface area contributed by atoms with E-state index in [-0.39, 0.29) is 36.4 Å². The number of aliphatic hydroxyl groups is 1. The van der Waals surface area contributed by atoms with Gasteiger partial charge in [0.15, 0.2) is 0 Å². The number of hydrogen-bond acceptors (Lipinski definition) is 3. The molecule has 0 aromatic heterocycles. The first-order valence-electron chi connectivity index (χ1n) is 10.9. The highest BCUT2D eigenvalue weighted by molar-refractivity contribution is 5.98. The van der Waals surface area contributed by atoms with Crippen LogP contribution in [0, 0.1) is 11.7 Å². The van der Waals surface area contributed by atoms with E-state index in [4.69, 9.17) is 0 Å². The molecule has 0 unspecified atom stereocenters. The molecule has 1 saturated heterocycles. The van der Waals surface area contributed by atoms with Crippen LogP contribution in [0.15, 0.2) is 48.5 Å². The molecule has 31 heavy (non-hydrogen) atoms. The standard InChI is InChI=1S/C24H26FN3O3/c25-16-8-5-9-17(12-16)26-24(31)28-20-13-27(23(30)15-6-1-2-7-15)19-11-4-3-10-18(19)22(20)21(28)14-29/h3-5,8-12,15,20-22,29H,1-2,6-7,13-14H2,(H,26,31)/t20-,21+,22+/m1/s1. The summed E-state index contributed by atoms with van der Waals surface area (Å²) in [6, 6.07) is 12.5. The Morgan fingerprint density at radius 3 is 2.61 bits per heavy atom. The van der Waals surface area contributed by atoms with Crippen molar-refractivity contribution in [3.05, 3.63) is 59.9 Å². The van der Waals surface area contributed by atoms with Gasteiger partial charge in [0.25, 0.3) is 0 Å². The molecule has 0 spiro atoms. The number of nitrogens with zero attached hydrogens (tertiary/aromatic N) is 2. The third-order valence-electron chi connectivity index (χ3n) is 6.97. The Bertz CT molecular complexity index is 1010. The maximum Gasteiger partial charge on any atom is 0.322 e. The Morgan fingerprint density at radius 2 is 1.87 bits per heavy atom. The average Bonchev–Trinajstić information content (AvgIpc) is 3.28. The summed E-state index contributed by atoms with van der Waals surface area (Å²) in [5, 5.41) is 12.8. The predicted octanol–water partition coefficient (Wildman–Crippen LogP) is 3.72. The van der Waals surface area contributed by atoms with Crippen LogP contribution < -0.4 is 10.2 Å². The number of likely N-dealkylation sites (tertiary alicyclic amines) is 1. The summed E-state index contributed by atoms with van der Waals surface area (Å²) in [5.41, 5.74) is 2.25. The Hall–Kier alpha value is -2.93. The van der Waals surface area contributed by atoms with Crippen molar-refractivity contribution in [2.75, 3.05) is 23.4 Å². The lowest BCUT2D eigenvalue weighted by Gasteiger charge is -2.58. The zero-order valence-electron chi connectivity index (χ0n) is 17.2. The number of amides is 3. The molecule has 162 valence electrons. The number of urea groups is 1. The Labute approximate surface area is 180 Å². The Kier molecular flexibility index (Phi) is 5.14. The fourth-order valence-electron chi connectivity index (χ4n) is 5.52. The molecule has 3 atom stereocenters. The van der Waals surface area contributed by atoms with E-state index < -0.39 is 11.8 Å². The van der Waals surface area contributed by atoms with Crippen molar-refractivity contribution in [2.45, 2.75) is 43.7 Å². The second-order valence-electron chi connectivity index (χ2n) is 8.68. The molecule has 0 bridgehead atoms. The van der Waals surface area contributed by atoms with E-state index in [2.05, 4.69) is 5.32 Å². The first kappa shape index (κ1) is 20.0. The number of halogens is 1. The van der Waals surface area contributed by atoms with Gasteiger partial charge in [-0.15, -0.1) is 0 Å². The molecular formula is C24H26FN3O3. The second-order valence-corrected chi connectivity index (χ2v) is 8.68. The van der Waals surface area contributed by atoms with Crippen LogP contribution in [0.1, 0.15) is 37.2 Å². The highest BCUT2D eigenvalue weighted by atomic mass is 19.1. The first-order chi connectivity index (χ1) is 15.1. The van der Waals surface area contributed by atoms with Crippen molar-refractivity contribution in [3.8, 4) is 0 Å². The van der Waals surface area contributed by atoms with Crippen LogP contribution in [-0.4, -0.2) is 47.2 Å². The van der Waals surface area contributed by atoms with E-state index in [1.165, 1.54) is 18.2 Å². The monoisotopic (exact) mass is 423 g/mol. The van der Waals surface area contributed by atoms with Crippen LogP contribution in [0.25, 0.3) is 0 Å². The summed E-state index contributed by atoms with van der Waals surface area (Å²) in [6.07, 6.45) is 3.97. The molecule has 3 amide bonds. The van der Waals surface area contributed by atoms with Crippen LogP contribution >= 0.6 is 0 Å². The molecule has 2 aliphatic heterocycles. The second kappa shape index (κ2) is 7.96. The van der Waals surface area contributed by atoms with E-state index in [1.807, 2.05) is 29.2 Å². The Balaban J connectivity index is 1.43. The third kappa shape index (κ3) is 3.37. The van der Waals surface area contributed by atoms with E-state index in [1.54, 1.807) is 11.0 Å². The minimum absolute atomic E-state index is 0.0351. The van der Waals surface area contributed by atoms with Gasteiger partial charge < -0.3 is 20.2 Å². The van der Waals surface area contributed by atoms with Crippen LogP contribution in [0.3, 0.4) is 0 Å². The van der Waals surface area contributed by atoms with Gasteiger partial charge in [-0.3, -0.25) is 4.79 Å². The number of para-hydroxylation sites is 1. The summed E-state index contributed by atoms with van der Waals surface area (Å²) < 4.78 is 13.5. The number of carbonyl (C=O) groups excluding carboxylic acids is 2. The normalized spacial score (nSPS) is 24.9. The summed E-state index contributed by atoms with van der Waals surface area (Å²) in [5.74, 6) is -0.306. The number of hydrogen-bond donors (Lipinski definition) is 2. The van der Waals surface area contributed by atoms with Crippen molar-refractivity contribution in [1.82, 2.24) is 4.90 Å². The number of fused-ring (bicyclic) bond motifs is 3. The number of benzene rings is 2. The topological polar surface area (TPSA) is 72.9 Å². The summed E-state index contributed by atoms with van der Waals surface area (Å²) in [4.78, 5) is 29.8. The average molecular weight is 423 g/mol. The number of carbonyl (C=O) groups is 2. The van der Waals surface area contributed by atoms with E-state index in [0.29, 0.717) is 12.2 Å². The minimum Gasteiger partial charge on any atom is -0.394 e. The van der Waals surface area contributed by atoms with Gasteiger partial charge in [-0.05, 0) is 42.7 Å². The van der Waals surface area contributed by atoms with Crippen molar-refractivity contribution < 1.29 is 19.1 Å². The van der Waals surface area contributed by atoms with Crippen LogP contribution in [0.2, 0.25) is 0 Å². The number of nitrogens with one attached hydrogen (secondary N) is 1. The summed E-state index contributed by atoms with van der Waals surface area (Å²) in [7, 11) is 0. The lowest BCUT2D eigenvalue weighted by atomic mass is 9.72. The molecule has 5 rings (SSSR count). The van der Waals surface area contributed by atoms with Gasteiger partial charge in [0, 0.05) is 29.8 Å². The molecule has 2 heterocycles. The van der Waals surface area contributed by atoms with Gasteiger partial charge in [-0.25, -0.2) is 9.18 Å². The Morgan fingerprint density at radius 1 is 1.10 bits per heavy atom. The van der Waals surface area contributed by atoms with E-state index >= 15 is 0 Å². The smallest absolute Gasteiger partial charge is 0.322 e. The maximum absolute atomic E-state index is 13.5. The van der Waals surface area contributed by atoms with Gasteiger partial charge in [0.2, 0.25) is 5.91 Å². The zero-order valence-corrected chi connectivity index (χ0v) is 17.2. The van der Waals surface area contributed by atoms with E-state index in [9.17, 15) is 19.1 Å². The maximum atomic E-state index is 13.5. The fourth-order valence-corrected chi connectivity index (χ4v) is 5.52. The predicted molar refractivity (Wildman–Crippen MR) is 115 cm³/mol. The summed E-state index contributed by atoms with van der Waals surface area (Å²) in [6.45, 7) is 0.229.